The number of carbonyl (C=O) groups excluding carboxylic acids is 2. The monoisotopic (exact) mass is 310 g/mol. The number of likely N-dealkylation sites (tertiary alicyclic amines) is 2. The number of hydrogen-bond acceptors (Lipinski definition) is 4. The Morgan fingerprint density at radius 3 is 2.77 bits per heavy atom. The second kappa shape index (κ2) is 8.51. The molecule has 2 aliphatic rings. The van der Waals surface area contributed by atoms with Gasteiger partial charge >= 0.3 is 5.97 Å². The topological polar surface area (TPSA) is 49.9 Å². The predicted molar refractivity (Wildman–Crippen MR) is 85.4 cm³/mol. The van der Waals surface area contributed by atoms with E-state index in [9.17, 15) is 9.59 Å². The van der Waals surface area contributed by atoms with Crippen LogP contribution in [0, 0.1) is 5.92 Å². The summed E-state index contributed by atoms with van der Waals surface area (Å²) in [5, 5.41) is 0. The minimum atomic E-state index is -0.0514. The fourth-order valence-corrected chi connectivity index (χ4v) is 3.68. The molecule has 0 N–H and O–H groups in total. The van der Waals surface area contributed by atoms with E-state index in [0.717, 1.165) is 58.3 Å². The molecule has 5 nitrogen and oxygen atoms in total. The average molecular weight is 310 g/mol. The number of piperidine rings is 1. The fraction of sp³-hybridized carbons (Fsp3) is 0.882. The first-order chi connectivity index (χ1) is 10.7. The van der Waals surface area contributed by atoms with E-state index < -0.39 is 0 Å². The summed E-state index contributed by atoms with van der Waals surface area (Å²) >= 11 is 0. The number of amides is 1. The van der Waals surface area contributed by atoms with Gasteiger partial charge in [-0.05, 0) is 45.6 Å². The summed E-state index contributed by atoms with van der Waals surface area (Å²) in [7, 11) is 0. The van der Waals surface area contributed by atoms with Gasteiger partial charge in [-0.3, -0.25) is 14.5 Å². The maximum Gasteiger partial charge on any atom is 0.310 e. The smallest absolute Gasteiger partial charge is 0.310 e. The molecule has 2 fully saturated rings. The third kappa shape index (κ3) is 4.45. The van der Waals surface area contributed by atoms with Crippen molar-refractivity contribution in [2.75, 3.05) is 32.8 Å². The van der Waals surface area contributed by atoms with Gasteiger partial charge in [0.15, 0.2) is 0 Å². The molecule has 1 amide bonds. The molecular formula is C17H30N2O3. The van der Waals surface area contributed by atoms with Gasteiger partial charge in [-0.15, -0.1) is 0 Å². The first kappa shape index (κ1) is 17.3. The Morgan fingerprint density at radius 1 is 1.23 bits per heavy atom. The normalized spacial score (nSPS) is 27.5. The molecule has 126 valence electrons. The van der Waals surface area contributed by atoms with Gasteiger partial charge in [0.1, 0.15) is 0 Å². The second-order valence-corrected chi connectivity index (χ2v) is 6.45. The zero-order valence-electron chi connectivity index (χ0n) is 14.1. The minimum Gasteiger partial charge on any atom is -0.466 e. The van der Waals surface area contributed by atoms with E-state index >= 15 is 0 Å². The summed E-state index contributed by atoms with van der Waals surface area (Å²) in [4.78, 5) is 28.5. The van der Waals surface area contributed by atoms with Crippen LogP contribution in [0.3, 0.4) is 0 Å². The maximum absolute atomic E-state index is 12.1. The van der Waals surface area contributed by atoms with Crippen LogP contribution in [0.2, 0.25) is 0 Å². The molecule has 2 heterocycles. The number of ether oxygens (including phenoxy) is 1. The Morgan fingerprint density at radius 2 is 2.05 bits per heavy atom. The average Bonchev–Trinajstić information content (AvgIpc) is 2.71. The maximum atomic E-state index is 12.1. The van der Waals surface area contributed by atoms with Gasteiger partial charge in [0.25, 0.3) is 0 Å². The minimum absolute atomic E-state index is 0.0133. The molecule has 2 saturated heterocycles. The molecule has 0 saturated carbocycles. The highest BCUT2D eigenvalue weighted by Gasteiger charge is 2.32. The van der Waals surface area contributed by atoms with E-state index in [1.807, 2.05) is 11.8 Å². The van der Waals surface area contributed by atoms with E-state index in [1.165, 1.54) is 0 Å². The molecule has 0 aromatic carbocycles. The van der Waals surface area contributed by atoms with Gasteiger partial charge < -0.3 is 9.64 Å². The lowest BCUT2D eigenvalue weighted by molar-refractivity contribution is -0.150. The molecule has 22 heavy (non-hydrogen) atoms. The molecule has 0 radical (unpaired) electrons. The van der Waals surface area contributed by atoms with Gasteiger partial charge in [0, 0.05) is 32.1 Å². The number of rotatable bonds is 5. The third-order valence-corrected chi connectivity index (χ3v) is 4.86. The lowest BCUT2D eigenvalue weighted by Crippen LogP contribution is -2.45. The van der Waals surface area contributed by atoms with E-state index in [1.54, 1.807) is 0 Å². The fourth-order valence-electron chi connectivity index (χ4n) is 3.68. The molecule has 0 aromatic heterocycles. The van der Waals surface area contributed by atoms with Crippen molar-refractivity contribution < 1.29 is 14.3 Å². The SMILES string of the molecule is CCCN1CCC(N2CCCC(C(=O)OCC)C2)CCC1=O. The number of nitrogens with zero attached hydrogens (tertiary/aromatic N) is 2. The summed E-state index contributed by atoms with van der Waals surface area (Å²) in [6.45, 7) is 8.00. The van der Waals surface area contributed by atoms with Crippen LogP contribution in [-0.4, -0.2) is 60.5 Å². The summed E-state index contributed by atoms with van der Waals surface area (Å²) in [5.74, 6) is 0.257. The van der Waals surface area contributed by atoms with Gasteiger partial charge in [-0.2, -0.15) is 0 Å². The molecule has 2 atom stereocenters. The Labute approximate surface area is 134 Å². The summed E-state index contributed by atoms with van der Waals surface area (Å²) < 4.78 is 5.18. The molecule has 0 spiro atoms. The number of hydrogen-bond donors (Lipinski definition) is 0. The Bertz CT molecular complexity index is 384. The van der Waals surface area contributed by atoms with E-state index in [-0.39, 0.29) is 11.9 Å². The standard InChI is InChI=1S/C17H30N2O3/c1-3-10-18-12-9-15(7-8-16(18)20)19-11-5-6-14(13-19)17(21)22-4-2/h14-15H,3-13H2,1-2H3. The van der Waals surface area contributed by atoms with Crippen LogP contribution in [0.15, 0.2) is 0 Å². The molecule has 2 unspecified atom stereocenters. The molecular weight excluding hydrogens is 280 g/mol. The van der Waals surface area contributed by atoms with Crippen molar-refractivity contribution in [3.8, 4) is 0 Å². The van der Waals surface area contributed by atoms with Crippen molar-refractivity contribution in [3.05, 3.63) is 0 Å². The molecule has 2 aliphatic heterocycles. The van der Waals surface area contributed by atoms with Gasteiger partial charge in [-0.25, -0.2) is 0 Å². The second-order valence-electron chi connectivity index (χ2n) is 6.45. The van der Waals surface area contributed by atoms with Crippen molar-refractivity contribution in [3.63, 3.8) is 0 Å². The molecule has 2 rings (SSSR count). The van der Waals surface area contributed by atoms with E-state index in [2.05, 4.69) is 11.8 Å². The lowest BCUT2D eigenvalue weighted by Gasteiger charge is -2.37. The summed E-state index contributed by atoms with van der Waals surface area (Å²) in [6, 6.07) is 0.433. The van der Waals surface area contributed by atoms with Crippen molar-refractivity contribution in [1.29, 1.82) is 0 Å². The van der Waals surface area contributed by atoms with Crippen LogP contribution in [0.4, 0.5) is 0 Å². The van der Waals surface area contributed by atoms with Crippen LogP contribution in [0.25, 0.3) is 0 Å². The lowest BCUT2D eigenvalue weighted by atomic mass is 9.95. The summed E-state index contributed by atoms with van der Waals surface area (Å²) in [6.07, 6.45) is 5.60. The number of esters is 1. The highest BCUT2D eigenvalue weighted by molar-refractivity contribution is 5.76. The van der Waals surface area contributed by atoms with Crippen molar-refractivity contribution in [1.82, 2.24) is 9.80 Å². The van der Waals surface area contributed by atoms with Gasteiger partial charge in [0.05, 0.1) is 12.5 Å². The Kier molecular flexibility index (Phi) is 6.68. The first-order valence-electron chi connectivity index (χ1n) is 8.84. The van der Waals surface area contributed by atoms with Crippen molar-refractivity contribution in [2.45, 2.75) is 58.4 Å². The Balaban J connectivity index is 1.90. The first-order valence-corrected chi connectivity index (χ1v) is 8.84. The number of carbonyl (C=O) groups is 2. The molecule has 0 bridgehead atoms. The molecule has 0 aliphatic carbocycles. The van der Waals surface area contributed by atoms with Gasteiger partial charge in [-0.1, -0.05) is 6.92 Å². The third-order valence-electron chi connectivity index (χ3n) is 4.86. The highest BCUT2D eigenvalue weighted by atomic mass is 16.5. The van der Waals surface area contributed by atoms with E-state index in [0.29, 0.717) is 25.0 Å². The zero-order chi connectivity index (χ0) is 15.9. The highest BCUT2D eigenvalue weighted by Crippen LogP contribution is 2.25. The molecule has 5 heteroatoms. The predicted octanol–water partition coefficient (Wildman–Crippen LogP) is 2.05. The Hall–Kier alpha value is -1.10. The van der Waals surface area contributed by atoms with Crippen molar-refractivity contribution >= 4 is 11.9 Å². The van der Waals surface area contributed by atoms with Gasteiger partial charge in [0.2, 0.25) is 5.91 Å². The van der Waals surface area contributed by atoms with Crippen molar-refractivity contribution in [2.24, 2.45) is 5.92 Å². The quantitative estimate of drug-likeness (QED) is 0.729. The van der Waals surface area contributed by atoms with Crippen LogP contribution in [-0.2, 0) is 14.3 Å². The molecule has 0 aromatic rings. The van der Waals surface area contributed by atoms with Crippen LogP contribution in [0.1, 0.15) is 52.4 Å². The van der Waals surface area contributed by atoms with E-state index in [4.69, 9.17) is 4.74 Å². The van der Waals surface area contributed by atoms with Crippen LogP contribution in [0.5, 0.6) is 0 Å². The largest absolute Gasteiger partial charge is 0.466 e. The van der Waals surface area contributed by atoms with Crippen LogP contribution >= 0.6 is 0 Å². The van der Waals surface area contributed by atoms with Crippen LogP contribution < -0.4 is 0 Å². The summed E-state index contributed by atoms with van der Waals surface area (Å²) in [5.41, 5.74) is 0. The zero-order valence-corrected chi connectivity index (χ0v) is 14.1.